The van der Waals surface area contributed by atoms with E-state index in [2.05, 4.69) is 19.7 Å². The van der Waals surface area contributed by atoms with Gasteiger partial charge in [0.15, 0.2) is 5.16 Å². The molecule has 1 aromatic rings. The van der Waals surface area contributed by atoms with E-state index < -0.39 is 0 Å². The minimum Gasteiger partial charge on any atom is -0.324 e. The van der Waals surface area contributed by atoms with Gasteiger partial charge in [-0.15, -0.1) is 10.2 Å². The SMILES string of the molecule is NCc1nnc(SCCCN2CCCC2)n1C1CC1. The summed E-state index contributed by atoms with van der Waals surface area (Å²) in [5, 5.41) is 9.58. The standard InChI is InChI=1S/C13H23N5S/c14-10-12-15-16-13(18(12)11-4-5-11)19-9-3-8-17-6-1-2-7-17/h11H,1-10,14H2. The molecule has 2 N–H and O–H groups in total. The van der Waals surface area contributed by atoms with Gasteiger partial charge in [0.1, 0.15) is 5.82 Å². The number of nitrogens with zero attached hydrogens (tertiary/aromatic N) is 4. The highest BCUT2D eigenvalue weighted by Crippen LogP contribution is 2.38. The lowest BCUT2D eigenvalue weighted by Crippen LogP contribution is -2.20. The van der Waals surface area contributed by atoms with Crippen molar-refractivity contribution in [1.29, 1.82) is 0 Å². The van der Waals surface area contributed by atoms with E-state index in [1.165, 1.54) is 51.7 Å². The average Bonchev–Trinajstić information content (AvgIpc) is 2.98. The molecule has 1 aromatic heterocycles. The molecule has 2 fully saturated rings. The largest absolute Gasteiger partial charge is 0.324 e. The maximum absolute atomic E-state index is 5.73. The molecule has 2 heterocycles. The van der Waals surface area contributed by atoms with Crippen LogP contribution in [0.3, 0.4) is 0 Å². The van der Waals surface area contributed by atoms with Crippen molar-refractivity contribution in [3.8, 4) is 0 Å². The maximum Gasteiger partial charge on any atom is 0.191 e. The van der Waals surface area contributed by atoms with Crippen LogP contribution in [-0.2, 0) is 6.54 Å². The van der Waals surface area contributed by atoms with Crippen LogP contribution in [0, 0.1) is 0 Å². The molecule has 0 amide bonds. The maximum atomic E-state index is 5.73. The molecule has 106 valence electrons. The van der Waals surface area contributed by atoms with Gasteiger partial charge < -0.3 is 15.2 Å². The molecule has 6 heteroatoms. The zero-order valence-electron chi connectivity index (χ0n) is 11.4. The van der Waals surface area contributed by atoms with Gasteiger partial charge >= 0.3 is 0 Å². The van der Waals surface area contributed by atoms with E-state index >= 15 is 0 Å². The highest BCUT2D eigenvalue weighted by Gasteiger charge is 2.29. The van der Waals surface area contributed by atoms with Crippen LogP contribution in [0.4, 0.5) is 0 Å². The molecule has 1 saturated carbocycles. The smallest absolute Gasteiger partial charge is 0.191 e. The van der Waals surface area contributed by atoms with E-state index in [4.69, 9.17) is 5.73 Å². The van der Waals surface area contributed by atoms with Gasteiger partial charge in [0.2, 0.25) is 0 Å². The summed E-state index contributed by atoms with van der Waals surface area (Å²) in [6.45, 7) is 4.31. The molecule has 19 heavy (non-hydrogen) atoms. The molecular formula is C13H23N5S. The molecule has 3 rings (SSSR count). The van der Waals surface area contributed by atoms with Crippen molar-refractivity contribution in [2.24, 2.45) is 5.73 Å². The first kappa shape index (κ1) is 13.4. The minimum absolute atomic E-state index is 0.498. The monoisotopic (exact) mass is 281 g/mol. The van der Waals surface area contributed by atoms with Gasteiger partial charge in [-0.05, 0) is 51.7 Å². The minimum atomic E-state index is 0.498. The second-order valence-electron chi connectivity index (χ2n) is 5.45. The summed E-state index contributed by atoms with van der Waals surface area (Å²) in [5.74, 6) is 2.08. The fraction of sp³-hybridized carbons (Fsp3) is 0.846. The molecule has 0 spiro atoms. The average molecular weight is 281 g/mol. The lowest BCUT2D eigenvalue weighted by atomic mass is 10.4. The second-order valence-corrected chi connectivity index (χ2v) is 6.52. The fourth-order valence-corrected chi connectivity index (χ4v) is 3.65. The van der Waals surface area contributed by atoms with E-state index in [1.54, 1.807) is 0 Å². The highest BCUT2D eigenvalue weighted by molar-refractivity contribution is 7.99. The van der Waals surface area contributed by atoms with Crippen molar-refractivity contribution in [3.63, 3.8) is 0 Å². The van der Waals surface area contributed by atoms with E-state index in [0.717, 1.165) is 16.7 Å². The van der Waals surface area contributed by atoms with E-state index in [0.29, 0.717) is 12.6 Å². The number of rotatable bonds is 7. The lowest BCUT2D eigenvalue weighted by molar-refractivity contribution is 0.341. The molecule has 0 atom stereocenters. The lowest BCUT2D eigenvalue weighted by Gasteiger charge is -2.13. The number of nitrogens with two attached hydrogens (primary N) is 1. The van der Waals surface area contributed by atoms with Gasteiger partial charge in [-0.1, -0.05) is 11.8 Å². The van der Waals surface area contributed by atoms with Crippen molar-refractivity contribution >= 4 is 11.8 Å². The molecule has 2 aliphatic rings. The summed E-state index contributed by atoms with van der Waals surface area (Å²) >= 11 is 1.84. The van der Waals surface area contributed by atoms with Crippen LogP contribution in [0.15, 0.2) is 5.16 Å². The second kappa shape index (κ2) is 6.24. The van der Waals surface area contributed by atoms with Crippen molar-refractivity contribution in [3.05, 3.63) is 5.82 Å². The summed E-state index contributed by atoms with van der Waals surface area (Å²) in [6.07, 6.45) is 6.50. The molecule has 1 saturated heterocycles. The van der Waals surface area contributed by atoms with Gasteiger partial charge in [-0.2, -0.15) is 0 Å². The molecular weight excluding hydrogens is 258 g/mol. The Labute approximate surface area is 118 Å². The quantitative estimate of drug-likeness (QED) is 0.608. The number of thioether (sulfide) groups is 1. The molecule has 0 unspecified atom stereocenters. The van der Waals surface area contributed by atoms with Crippen LogP contribution in [0.1, 0.15) is 44.0 Å². The van der Waals surface area contributed by atoms with Crippen LogP contribution in [0.25, 0.3) is 0 Å². The summed E-state index contributed by atoms with van der Waals surface area (Å²) < 4.78 is 2.26. The molecule has 0 bridgehead atoms. The van der Waals surface area contributed by atoms with Crippen molar-refractivity contribution in [2.45, 2.75) is 49.8 Å². The van der Waals surface area contributed by atoms with Gasteiger partial charge in [0, 0.05) is 11.8 Å². The Morgan fingerprint density at radius 2 is 2.00 bits per heavy atom. The fourth-order valence-electron chi connectivity index (χ4n) is 2.70. The molecule has 5 nitrogen and oxygen atoms in total. The topological polar surface area (TPSA) is 60.0 Å². The van der Waals surface area contributed by atoms with E-state index in [-0.39, 0.29) is 0 Å². The van der Waals surface area contributed by atoms with Gasteiger partial charge in [-0.3, -0.25) is 0 Å². The Balaban J connectivity index is 1.48. The van der Waals surface area contributed by atoms with Gasteiger partial charge in [0.25, 0.3) is 0 Å². The summed E-state index contributed by atoms with van der Waals surface area (Å²) in [7, 11) is 0. The van der Waals surface area contributed by atoms with Crippen LogP contribution < -0.4 is 5.73 Å². The number of likely N-dealkylation sites (tertiary alicyclic amines) is 1. The van der Waals surface area contributed by atoms with Crippen molar-refractivity contribution in [2.75, 3.05) is 25.4 Å². The van der Waals surface area contributed by atoms with E-state index in [9.17, 15) is 0 Å². The Bertz CT molecular complexity index is 409. The van der Waals surface area contributed by atoms with Crippen molar-refractivity contribution < 1.29 is 0 Å². The summed E-state index contributed by atoms with van der Waals surface area (Å²) in [5.41, 5.74) is 5.73. The molecule has 0 aromatic carbocycles. The zero-order valence-corrected chi connectivity index (χ0v) is 12.2. The Morgan fingerprint density at radius 3 is 2.68 bits per heavy atom. The van der Waals surface area contributed by atoms with Crippen molar-refractivity contribution in [1.82, 2.24) is 19.7 Å². The molecule has 1 aliphatic heterocycles. The van der Waals surface area contributed by atoms with Crippen LogP contribution in [0.5, 0.6) is 0 Å². The summed E-state index contributed by atoms with van der Waals surface area (Å²) in [4.78, 5) is 2.57. The van der Waals surface area contributed by atoms with Crippen LogP contribution in [-0.4, -0.2) is 45.1 Å². The van der Waals surface area contributed by atoms with E-state index in [1.807, 2.05) is 11.8 Å². The Kier molecular flexibility index (Phi) is 4.40. The third kappa shape index (κ3) is 3.30. The zero-order chi connectivity index (χ0) is 13.1. The third-order valence-electron chi connectivity index (χ3n) is 3.88. The predicted octanol–water partition coefficient (Wildman–Crippen LogP) is 1.65. The number of hydrogen-bond acceptors (Lipinski definition) is 5. The molecule has 1 aliphatic carbocycles. The number of aromatic nitrogens is 3. The predicted molar refractivity (Wildman–Crippen MR) is 77.2 cm³/mol. The third-order valence-corrected chi connectivity index (χ3v) is 4.91. The highest BCUT2D eigenvalue weighted by atomic mass is 32.2. The number of hydrogen-bond donors (Lipinski definition) is 1. The normalized spacial score (nSPS) is 20.3. The Hall–Kier alpha value is -0.590. The first-order valence-electron chi connectivity index (χ1n) is 7.37. The van der Waals surface area contributed by atoms with Gasteiger partial charge in [0.05, 0.1) is 6.54 Å². The van der Waals surface area contributed by atoms with Gasteiger partial charge in [-0.25, -0.2) is 0 Å². The van der Waals surface area contributed by atoms with Crippen LogP contribution >= 0.6 is 11.8 Å². The van der Waals surface area contributed by atoms with Crippen LogP contribution in [0.2, 0.25) is 0 Å². The first-order valence-corrected chi connectivity index (χ1v) is 8.36. The molecule has 0 radical (unpaired) electrons. The summed E-state index contributed by atoms with van der Waals surface area (Å²) in [6, 6.07) is 0.620. The first-order chi connectivity index (χ1) is 9.38. The Morgan fingerprint density at radius 1 is 1.21 bits per heavy atom.